The van der Waals surface area contributed by atoms with Gasteiger partial charge in [-0.3, -0.25) is 0 Å². The van der Waals surface area contributed by atoms with E-state index in [1.807, 2.05) is 6.07 Å². The lowest BCUT2D eigenvalue weighted by Gasteiger charge is -2.15. The maximum absolute atomic E-state index is 14.2. The first kappa shape index (κ1) is 14.4. The van der Waals surface area contributed by atoms with Gasteiger partial charge in [0.25, 0.3) is 0 Å². The van der Waals surface area contributed by atoms with Crippen LogP contribution in [0.4, 0.5) is 4.39 Å². The number of hydrogen-bond donors (Lipinski definition) is 2. The Hall–Kier alpha value is -2.06. The smallest absolute Gasteiger partial charge is 0.152 e. The molecule has 1 aromatic carbocycles. The van der Waals surface area contributed by atoms with Gasteiger partial charge in [0.1, 0.15) is 17.4 Å². The molecular formula is C14H13ClFN3O. The van der Waals surface area contributed by atoms with Crippen LogP contribution in [0.25, 0.3) is 5.70 Å². The van der Waals surface area contributed by atoms with Crippen molar-refractivity contribution in [1.29, 1.82) is 10.7 Å². The van der Waals surface area contributed by atoms with Gasteiger partial charge in [0, 0.05) is 25.0 Å². The number of allylic oxidation sites excluding steroid dienone is 1. The molecule has 1 aromatic rings. The average molecular weight is 294 g/mol. The van der Waals surface area contributed by atoms with Crippen LogP contribution >= 0.6 is 11.6 Å². The Kier molecular flexibility index (Phi) is 4.26. The highest BCUT2D eigenvalue weighted by Gasteiger charge is 2.27. The summed E-state index contributed by atoms with van der Waals surface area (Å²) in [4.78, 5) is 0. The average Bonchev–Trinajstić information content (AvgIpc) is 3.24. The first-order valence-electron chi connectivity index (χ1n) is 6.10. The number of rotatable bonds is 5. The molecule has 0 heterocycles. The van der Waals surface area contributed by atoms with Crippen molar-refractivity contribution in [3.8, 4) is 11.8 Å². The lowest BCUT2D eigenvalue weighted by atomic mass is 10.0. The fraction of sp³-hybridized carbons (Fsp3) is 0.286. The van der Waals surface area contributed by atoms with Gasteiger partial charge in [-0.15, -0.1) is 0 Å². The second-order valence-electron chi connectivity index (χ2n) is 4.35. The third-order valence-corrected chi connectivity index (χ3v) is 3.18. The molecule has 2 N–H and O–H groups in total. The van der Waals surface area contributed by atoms with Crippen molar-refractivity contribution < 1.29 is 9.13 Å². The van der Waals surface area contributed by atoms with Crippen molar-refractivity contribution in [3.63, 3.8) is 0 Å². The fourth-order valence-electron chi connectivity index (χ4n) is 1.80. The monoisotopic (exact) mass is 293 g/mol. The minimum atomic E-state index is -0.700. The Morgan fingerprint density at radius 1 is 1.65 bits per heavy atom. The Bertz CT molecular complexity index is 618. The van der Waals surface area contributed by atoms with Crippen molar-refractivity contribution in [2.75, 3.05) is 7.05 Å². The van der Waals surface area contributed by atoms with E-state index in [0.29, 0.717) is 5.70 Å². The molecule has 0 aromatic heterocycles. The van der Waals surface area contributed by atoms with Gasteiger partial charge < -0.3 is 15.5 Å². The number of halogens is 2. The summed E-state index contributed by atoms with van der Waals surface area (Å²) in [6, 6.07) is 3.29. The highest BCUT2D eigenvalue weighted by atomic mass is 35.5. The largest absolute Gasteiger partial charge is 0.489 e. The molecule has 1 aliphatic carbocycles. The second kappa shape index (κ2) is 5.93. The first-order chi connectivity index (χ1) is 9.62. The van der Waals surface area contributed by atoms with E-state index in [9.17, 15) is 9.65 Å². The second-order valence-corrected chi connectivity index (χ2v) is 4.75. The van der Waals surface area contributed by atoms with Crippen LogP contribution in [-0.4, -0.2) is 19.4 Å². The zero-order valence-electron chi connectivity index (χ0n) is 10.8. The molecule has 1 saturated carbocycles. The molecule has 0 saturated heterocycles. The lowest BCUT2D eigenvalue weighted by Crippen LogP contribution is -2.11. The summed E-state index contributed by atoms with van der Waals surface area (Å²) < 4.78 is 19.9. The molecule has 4 nitrogen and oxygen atoms in total. The van der Waals surface area contributed by atoms with Crippen molar-refractivity contribution in [2.45, 2.75) is 18.9 Å². The van der Waals surface area contributed by atoms with Crippen LogP contribution in [0.15, 0.2) is 12.1 Å². The summed E-state index contributed by atoms with van der Waals surface area (Å²) in [5.74, 6) is -0.420. The molecule has 1 aliphatic rings. The molecule has 0 unspecified atom stereocenters. The summed E-state index contributed by atoms with van der Waals surface area (Å²) in [5, 5.41) is 19.1. The predicted molar refractivity (Wildman–Crippen MR) is 75.6 cm³/mol. The molecular weight excluding hydrogens is 281 g/mol. The van der Waals surface area contributed by atoms with E-state index in [-0.39, 0.29) is 28.0 Å². The van der Waals surface area contributed by atoms with Gasteiger partial charge in [-0.25, -0.2) is 4.39 Å². The van der Waals surface area contributed by atoms with Gasteiger partial charge in [-0.1, -0.05) is 11.6 Å². The zero-order chi connectivity index (χ0) is 14.7. The SMILES string of the molecule is CN/C(=C\C=N)c1c(F)c(Cl)cc(OC2CC2)c1C#N. The van der Waals surface area contributed by atoms with E-state index in [4.69, 9.17) is 21.7 Å². The van der Waals surface area contributed by atoms with Crippen molar-refractivity contribution in [2.24, 2.45) is 0 Å². The third-order valence-electron chi connectivity index (χ3n) is 2.90. The van der Waals surface area contributed by atoms with Crippen LogP contribution in [0.2, 0.25) is 5.02 Å². The van der Waals surface area contributed by atoms with E-state index in [1.165, 1.54) is 12.1 Å². The molecule has 1 fully saturated rings. The maximum atomic E-state index is 14.2. The minimum Gasteiger partial charge on any atom is -0.489 e. The molecule has 0 amide bonds. The summed E-state index contributed by atoms with van der Waals surface area (Å²) in [6.45, 7) is 0. The third kappa shape index (κ3) is 2.75. The molecule has 0 radical (unpaired) electrons. The fourth-order valence-corrected chi connectivity index (χ4v) is 1.99. The summed E-state index contributed by atoms with van der Waals surface area (Å²) in [7, 11) is 1.58. The van der Waals surface area contributed by atoms with Gasteiger partial charge in [0.15, 0.2) is 5.82 Å². The Morgan fingerprint density at radius 3 is 2.85 bits per heavy atom. The molecule has 20 heavy (non-hydrogen) atoms. The number of nitrogens with one attached hydrogen (secondary N) is 2. The number of ether oxygens (including phenoxy) is 1. The van der Waals surface area contributed by atoms with Gasteiger partial charge >= 0.3 is 0 Å². The molecule has 2 rings (SSSR count). The van der Waals surface area contributed by atoms with Crippen LogP contribution < -0.4 is 10.1 Å². The highest BCUT2D eigenvalue weighted by Crippen LogP contribution is 2.36. The Labute approximate surface area is 121 Å². The quantitative estimate of drug-likeness (QED) is 0.820. The van der Waals surface area contributed by atoms with Gasteiger partial charge in [-0.05, 0) is 18.9 Å². The van der Waals surface area contributed by atoms with Crippen LogP contribution in [0.1, 0.15) is 24.0 Å². The first-order valence-corrected chi connectivity index (χ1v) is 6.47. The van der Waals surface area contributed by atoms with Crippen LogP contribution in [0.3, 0.4) is 0 Å². The summed E-state index contributed by atoms with van der Waals surface area (Å²) in [6.07, 6.45) is 4.28. The standard InChI is InChI=1S/C14H13ClFN3O/c1-19-11(4-5-17)13-9(7-18)12(20-8-2-3-8)6-10(15)14(13)16/h4-6,8,17,19H,2-3H2,1H3/b11-4-,17-5?. The number of nitriles is 1. The Morgan fingerprint density at radius 2 is 2.35 bits per heavy atom. The van der Waals surface area contributed by atoms with E-state index in [2.05, 4.69) is 5.32 Å². The molecule has 0 atom stereocenters. The minimum absolute atomic E-state index is 0.0293. The lowest BCUT2D eigenvalue weighted by molar-refractivity contribution is 0.301. The van der Waals surface area contributed by atoms with Crippen molar-refractivity contribution in [3.05, 3.63) is 34.1 Å². The zero-order valence-corrected chi connectivity index (χ0v) is 11.6. The van der Waals surface area contributed by atoms with Gasteiger partial charge in [-0.2, -0.15) is 5.26 Å². The number of benzene rings is 1. The summed E-state index contributed by atoms with van der Waals surface area (Å²) in [5.41, 5.74) is 0.417. The van der Waals surface area contributed by atoms with Gasteiger partial charge in [0.05, 0.1) is 16.7 Å². The van der Waals surface area contributed by atoms with E-state index < -0.39 is 5.82 Å². The predicted octanol–water partition coefficient (Wildman–Crippen LogP) is 3.10. The van der Waals surface area contributed by atoms with Crippen LogP contribution in [0, 0.1) is 22.6 Å². The highest BCUT2D eigenvalue weighted by molar-refractivity contribution is 6.31. The van der Waals surface area contributed by atoms with E-state index in [1.54, 1.807) is 7.05 Å². The maximum Gasteiger partial charge on any atom is 0.152 e. The molecule has 0 spiro atoms. The van der Waals surface area contributed by atoms with Crippen LogP contribution in [-0.2, 0) is 0 Å². The van der Waals surface area contributed by atoms with E-state index >= 15 is 0 Å². The Balaban J connectivity index is 2.63. The van der Waals surface area contributed by atoms with Crippen molar-refractivity contribution >= 4 is 23.5 Å². The molecule has 6 heteroatoms. The summed E-state index contributed by atoms with van der Waals surface area (Å²) >= 11 is 5.88. The normalized spacial score (nSPS) is 14.6. The van der Waals surface area contributed by atoms with E-state index in [0.717, 1.165) is 19.1 Å². The molecule has 0 bridgehead atoms. The number of nitrogens with zero attached hydrogens (tertiary/aromatic N) is 1. The molecule has 0 aliphatic heterocycles. The molecule has 104 valence electrons. The number of hydrogen-bond acceptors (Lipinski definition) is 4. The topological polar surface area (TPSA) is 68.9 Å². The van der Waals surface area contributed by atoms with Gasteiger partial charge in [0.2, 0.25) is 0 Å². The van der Waals surface area contributed by atoms with Crippen LogP contribution in [0.5, 0.6) is 5.75 Å². The van der Waals surface area contributed by atoms with Crippen molar-refractivity contribution in [1.82, 2.24) is 5.32 Å².